The van der Waals surface area contributed by atoms with Crippen molar-refractivity contribution < 1.29 is 0 Å². The number of aryl methyl sites for hydroxylation is 1. The summed E-state index contributed by atoms with van der Waals surface area (Å²) in [6.07, 6.45) is 13.8. The first-order valence-corrected chi connectivity index (χ1v) is 12.5. The Hall–Kier alpha value is -4.79. The number of aromatic nitrogens is 8. The van der Waals surface area contributed by atoms with Crippen molar-refractivity contribution in [2.24, 2.45) is 5.41 Å². The zero-order valence-electron chi connectivity index (χ0n) is 21.9. The highest BCUT2D eigenvalue weighted by molar-refractivity contribution is 5.97. The number of anilines is 1. The maximum atomic E-state index is 4.62. The molecule has 9 heteroatoms. The van der Waals surface area contributed by atoms with Gasteiger partial charge in [0.2, 0.25) is 0 Å². The van der Waals surface area contributed by atoms with Crippen LogP contribution >= 0.6 is 0 Å². The van der Waals surface area contributed by atoms with Gasteiger partial charge in [0.05, 0.1) is 58.9 Å². The molecule has 38 heavy (non-hydrogen) atoms. The fraction of sp³-hybridized carbons (Fsp3) is 0.207. The Morgan fingerprint density at radius 3 is 2.58 bits per heavy atom. The summed E-state index contributed by atoms with van der Waals surface area (Å²) in [5.74, 6) is 0. The molecule has 0 radical (unpaired) electrons. The lowest BCUT2D eigenvalue weighted by atomic mass is 9.91. The molecule has 0 aliphatic carbocycles. The largest absolute Gasteiger partial charge is 0.358 e. The molecule has 0 aliphatic rings. The molecule has 6 aromatic heterocycles. The zero-order chi connectivity index (χ0) is 26.4. The van der Waals surface area contributed by atoms with Crippen LogP contribution in [0.4, 0.5) is 5.69 Å². The lowest BCUT2D eigenvalue weighted by molar-refractivity contribution is 0.411. The van der Waals surface area contributed by atoms with Crippen molar-refractivity contribution in [3.05, 3.63) is 79.7 Å². The van der Waals surface area contributed by atoms with Gasteiger partial charge in [-0.2, -0.15) is 5.10 Å². The van der Waals surface area contributed by atoms with E-state index in [1.54, 1.807) is 6.33 Å². The maximum Gasteiger partial charge on any atom is 0.181 e. The zero-order valence-corrected chi connectivity index (χ0v) is 21.9. The van der Waals surface area contributed by atoms with E-state index in [2.05, 4.69) is 86.0 Å². The highest BCUT2D eigenvalue weighted by atomic mass is 15.2. The van der Waals surface area contributed by atoms with E-state index in [0.717, 1.165) is 68.0 Å². The fourth-order valence-electron chi connectivity index (χ4n) is 4.75. The molecule has 3 N–H and O–H groups in total. The van der Waals surface area contributed by atoms with E-state index in [9.17, 15) is 0 Å². The van der Waals surface area contributed by atoms with Crippen molar-refractivity contribution in [1.29, 1.82) is 0 Å². The summed E-state index contributed by atoms with van der Waals surface area (Å²) < 4.78 is 1.98. The van der Waals surface area contributed by atoms with Gasteiger partial charge in [-0.1, -0.05) is 27.4 Å². The molecule has 190 valence electrons. The molecule has 6 aromatic rings. The standard InChI is InChI=1S/C29H29N9/c1-17(9-29(3,4)5)34-21-6-19(10-30-12-21)20-7-23-27(36-37-28(23)32-11-20)24-8-22-25(35-24)13-31-14-26(22)38-15-18(2)33-16-38/h6-8,10-16,34-35H,1,9H2,2-5H3,(H,32,36,37). The molecule has 9 nitrogen and oxygen atoms in total. The van der Waals surface area contributed by atoms with Crippen molar-refractivity contribution in [3.8, 4) is 28.2 Å². The molecule has 0 saturated heterocycles. The first-order valence-electron chi connectivity index (χ1n) is 12.5. The number of hydrogen-bond acceptors (Lipinski definition) is 6. The minimum absolute atomic E-state index is 0.152. The van der Waals surface area contributed by atoms with Crippen LogP contribution in [0.5, 0.6) is 0 Å². The highest BCUT2D eigenvalue weighted by Gasteiger charge is 2.16. The van der Waals surface area contributed by atoms with E-state index in [4.69, 9.17) is 0 Å². The molecule has 0 amide bonds. The molecular formula is C29H29N9. The molecule has 0 aromatic carbocycles. The number of fused-ring (bicyclic) bond motifs is 2. The summed E-state index contributed by atoms with van der Waals surface area (Å²) in [5.41, 5.74) is 9.15. The van der Waals surface area contributed by atoms with E-state index >= 15 is 0 Å². The van der Waals surface area contributed by atoms with Crippen LogP contribution in [0, 0.1) is 12.3 Å². The fourth-order valence-corrected chi connectivity index (χ4v) is 4.75. The summed E-state index contributed by atoms with van der Waals surface area (Å²) in [7, 11) is 0. The van der Waals surface area contributed by atoms with Crippen LogP contribution < -0.4 is 5.32 Å². The Morgan fingerprint density at radius 2 is 1.79 bits per heavy atom. The summed E-state index contributed by atoms with van der Waals surface area (Å²) >= 11 is 0. The second-order valence-electron chi connectivity index (χ2n) is 10.8. The predicted molar refractivity (Wildman–Crippen MR) is 151 cm³/mol. The van der Waals surface area contributed by atoms with Gasteiger partial charge in [-0.3, -0.25) is 15.1 Å². The molecule has 0 unspecified atom stereocenters. The van der Waals surface area contributed by atoms with Gasteiger partial charge < -0.3 is 14.9 Å². The number of aromatic amines is 2. The van der Waals surface area contributed by atoms with Gasteiger partial charge in [-0.15, -0.1) is 0 Å². The third kappa shape index (κ3) is 4.54. The molecule has 0 spiro atoms. The molecule has 0 aliphatic heterocycles. The van der Waals surface area contributed by atoms with E-state index in [1.807, 2.05) is 48.7 Å². The van der Waals surface area contributed by atoms with Crippen molar-refractivity contribution in [2.75, 3.05) is 5.32 Å². The number of nitrogens with zero attached hydrogens (tertiary/aromatic N) is 6. The van der Waals surface area contributed by atoms with E-state index in [0.29, 0.717) is 5.65 Å². The lowest BCUT2D eigenvalue weighted by Crippen LogP contribution is -2.10. The average Bonchev–Trinajstić information content (AvgIpc) is 3.60. The molecule has 0 bridgehead atoms. The second kappa shape index (κ2) is 8.95. The number of rotatable bonds is 6. The molecule has 0 fully saturated rings. The average molecular weight is 504 g/mol. The highest BCUT2D eigenvalue weighted by Crippen LogP contribution is 2.33. The van der Waals surface area contributed by atoms with Crippen LogP contribution in [-0.4, -0.2) is 39.7 Å². The van der Waals surface area contributed by atoms with Crippen LogP contribution in [0.3, 0.4) is 0 Å². The Balaban J connectivity index is 1.36. The van der Waals surface area contributed by atoms with Gasteiger partial charge in [-0.25, -0.2) is 9.97 Å². The lowest BCUT2D eigenvalue weighted by Gasteiger charge is -2.20. The summed E-state index contributed by atoms with van der Waals surface area (Å²) in [6, 6.07) is 6.27. The van der Waals surface area contributed by atoms with Gasteiger partial charge in [0.1, 0.15) is 0 Å². The molecule has 0 saturated carbocycles. The van der Waals surface area contributed by atoms with Crippen LogP contribution in [-0.2, 0) is 0 Å². The minimum Gasteiger partial charge on any atom is -0.358 e. The van der Waals surface area contributed by atoms with Crippen LogP contribution in [0.2, 0.25) is 0 Å². The Morgan fingerprint density at radius 1 is 0.974 bits per heavy atom. The number of allylic oxidation sites excluding steroid dienone is 1. The first-order chi connectivity index (χ1) is 18.2. The van der Waals surface area contributed by atoms with Crippen molar-refractivity contribution in [3.63, 3.8) is 0 Å². The Labute approximate surface area is 220 Å². The van der Waals surface area contributed by atoms with Gasteiger partial charge >= 0.3 is 0 Å². The quantitative estimate of drug-likeness (QED) is 0.242. The Bertz CT molecular complexity index is 1800. The van der Waals surface area contributed by atoms with Crippen LogP contribution in [0.15, 0.2) is 74.0 Å². The number of hydrogen-bond donors (Lipinski definition) is 3. The number of imidazole rings is 1. The third-order valence-corrected chi connectivity index (χ3v) is 6.33. The summed E-state index contributed by atoms with van der Waals surface area (Å²) in [4.78, 5) is 21.3. The normalized spacial score (nSPS) is 11.9. The number of pyridine rings is 3. The van der Waals surface area contributed by atoms with Crippen molar-refractivity contribution in [2.45, 2.75) is 34.1 Å². The van der Waals surface area contributed by atoms with Crippen molar-refractivity contribution >= 4 is 27.6 Å². The molecule has 6 rings (SSSR count). The van der Waals surface area contributed by atoms with Crippen LogP contribution in [0.1, 0.15) is 32.9 Å². The van der Waals surface area contributed by atoms with Gasteiger partial charge in [0.15, 0.2) is 5.65 Å². The number of nitrogens with one attached hydrogen (secondary N) is 3. The SMILES string of the molecule is C=C(CC(C)(C)C)Nc1cncc(-c2cnc3n[nH]c(-c4cc5c(-n6cnc(C)c6)cncc5[nH]4)c3c2)c1. The summed E-state index contributed by atoms with van der Waals surface area (Å²) in [6.45, 7) is 12.7. The van der Waals surface area contributed by atoms with Gasteiger partial charge in [-0.05, 0) is 37.0 Å². The molecule has 0 atom stereocenters. The monoisotopic (exact) mass is 503 g/mol. The van der Waals surface area contributed by atoms with Crippen molar-refractivity contribution in [1.82, 2.24) is 39.7 Å². The molecule has 6 heterocycles. The number of H-pyrrole nitrogens is 2. The first kappa shape index (κ1) is 23.6. The van der Waals surface area contributed by atoms with Crippen LogP contribution in [0.25, 0.3) is 50.1 Å². The van der Waals surface area contributed by atoms with Gasteiger partial charge in [0, 0.05) is 46.2 Å². The Kier molecular flexibility index (Phi) is 5.56. The maximum absolute atomic E-state index is 4.62. The second-order valence-corrected chi connectivity index (χ2v) is 10.8. The van der Waals surface area contributed by atoms with E-state index < -0.39 is 0 Å². The predicted octanol–water partition coefficient (Wildman–Crippen LogP) is 6.42. The van der Waals surface area contributed by atoms with E-state index in [1.165, 1.54) is 0 Å². The smallest absolute Gasteiger partial charge is 0.181 e. The molecular weight excluding hydrogens is 474 g/mol. The minimum atomic E-state index is 0.152. The van der Waals surface area contributed by atoms with Gasteiger partial charge in [0.25, 0.3) is 0 Å². The van der Waals surface area contributed by atoms with E-state index in [-0.39, 0.29) is 5.41 Å². The third-order valence-electron chi connectivity index (χ3n) is 6.33. The summed E-state index contributed by atoms with van der Waals surface area (Å²) in [5, 5.41) is 13.0. The topological polar surface area (TPSA) is 113 Å².